The molecule has 0 radical (unpaired) electrons. The molecule has 9 atom stereocenters. The van der Waals surface area contributed by atoms with Gasteiger partial charge in [0.15, 0.2) is 0 Å². The first-order valence-corrected chi connectivity index (χ1v) is 14.6. The maximum Gasteiger partial charge on any atom is 1.00 e. The fourth-order valence-electron chi connectivity index (χ4n) is 8.66. The Morgan fingerprint density at radius 2 is 1.84 bits per heavy atom. The number of rotatable bonds is 8. The van der Waals surface area contributed by atoms with Crippen LogP contribution in [0.3, 0.4) is 0 Å². The minimum atomic E-state index is -4.76. The average Bonchev–Trinajstić information content (AvgIpc) is 3.13. The van der Waals surface area contributed by atoms with Gasteiger partial charge in [-0.05, 0) is 91.8 Å². The van der Waals surface area contributed by atoms with E-state index in [2.05, 4.69) is 26.1 Å². The number of carboxylic acid groups (broad SMARTS) is 1. The molecule has 12 heteroatoms. The summed E-state index contributed by atoms with van der Waals surface area (Å²) in [4.78, 5) is 22.6. The first-order valence-electron chi connectivity index (χ1n) is 13.2. The van der Waals surface area contributed by atoms with Gasteiger partial charge in [0.05, 0.1) is 24.7 Å². The molecule has 1 amide bonds. The molecule has 38 heavy (non-hydrogen) atoms. The molecule has 4 aliphatic carbocycles. The number of carbonyl (C=O) groups is 2. The van der Waals surface area contributed by atoms with Crippen molar-refractivity contribution in [3.8, 4) is 0 Å². The van der Waals surface area contributed by atoms with Crippen molar-refractivity contribution in [1.29, 1.82) is 0 Å². The molecule has 0 bridgehead atoms. The van der Waals surface area contributed by atoms with Crippen LogP contribution in [0.1, 0.15) is 78.6 Å². The van der Waals surface area contributed by atoms with Crippen LogP contribution in [0.5, 0.6) is 0 Å². The van der Waals surface area contributed by atoms with E-state index >= 15 is 0 Å². The Morgan fingerprint density at radius 1 is 1.16 bits per heavy atom. The zero-order chi connectivity index (χ0) is 26.5. The summed E-state index contributed by atoms with van der Waals surface area (Å²) in [6, 6.07) is 0. The van der Waals surface area contributed by atoms with Gasteiger partial charge < -0.3 is 24.9 Å². The molecular formula is C26H39NNa2O8S. The van der Waals surface area contributed by atoms with E-state index in [4.69, 9.17) is 4.18 Å². The molecule has 0 heterocycles. The third-order valence-corrected chi connectivity index (χ3v) is 10.9. The predicted octanol–water partition coefficient (Wildman–Crippen LogP) is -4.33. The summed E-state index contributed by atoms with van der Waals surface area (Å²) < 4.78 is 38.1. The van der Waals surface area contributed by atoms with E-state index in [1.54, 1.807) is 0 Å². The Kier molecular flexibility index (Phi) is 12.1. The van der Waals surface area contributed by atoms with Gasteiger partial charge in [-0.25, -0.2) is 8.42 Å². The van der Waals surface area contributed by atoms with Crippen molar-refractivity contribution in [3.05, 3.63) is 11.6 Å². The maximum atomic E-state index is 12.0. The fourth-order valence-corrected chi connectivity index (χ4v) is 9.16. The maximum absolute atomic E-state index is 12.0. The Labute approximate surface area is 270 Å². The second-order valence-electron chi connectivity index (χ2n) is 12.2. The minimum Gasteiger partial charge on any atom is -0.726 e. The molecule has 3 unspecified atom stereocenters. The third kappa shape index (κ3) is 7.10. The summed E-state index contributed by atoms with van der Waals surface area (Å²) >= 11 is 0. The molecule has 0 aromatic heterocycles. The first kappa shape index (κ1) is 34.7. The van der Waals surface area contributed by atoms with Crippen molar-refractivity contribution in [2.24, 2.45) is 40.4 Å². The fraction of sp³-hybridized carbons (Fsp3) is 0.846. The van der Waals surface area contributed by atoms with Crippen LogP contribution >= 0.6 is 0 Å². The number of aliphatic hydroxyl groups is 1. The molecule has 0 spiro atoms. The number of hydrogen-bond donors (Lipinski definition) is 2. The van der Waals surface area contributed by atoms with Crippen molar-refractivity contribution in [1.82, 2.24) is 5.32 Å². The quantitative estimate of drug-likeness (QED) is 0.128. The number of nitrogens with one attached hydrogen (secondary N) is 1. The van der Waals surface area contributed by atoms with Gasteiger partial charge in [-0.2, -0.15) is 0 Å². The standard InChI is InChI=1S/C26H41NO8S.2Na/c1-15(4-7-22(29)27-14-23(30)31)18-5-6-19-24-20(9-11-26(18,19)3)25(2)10-8-17(35-36(32,33)34)12-16(25)13-21(24)28;;/h13,15,17-21,24,28H,4-12,14H2,1-3H3,(H,27,29)(H,30,31)(H,32,33,34);;/q;2*+1/p-2/t15-,17+,18-,19?,20?,21-,24?,25+,26-;;/m1../s1. The SMILES string of the molecule is C[C@H](CCC(=O)NCC(=O)[O-])[C@H]1CCC2C3C(CC[C@@]21C)[C@@]1(C)CC[C@H](OS(=O)(=O)[O-])CC1=C[C@H]3O.[Na+].[Na+]. The average molecular weight is 572 g/mol. The summed E-state index contributed by atoms with van der Waals surface area (Å²) in [5, 5.41) is 24.3. The molecule has 0 aromatic rings. The smallest absolute Gasteiger partial charge is 0.726 e. The molecule has 3 fully saturated rings. The van der Waals surface area contributed by atoms with Gasteiger partial charge >= 0.3 is 59.1 Å². The molecule has 4 aliphatic rings. The number of aliphatic carboxylic acids is 1. The molecule has 204 valence electrons. The van der Waals surface area contributed by atoms with E-state index in [0.29, 0.717) is 42.9 Å². The number of carbonyl (C=O) groups excluding carboxylic acids is 2. The van der Waals surface area contributed by atoms with Gasteiger partial charge in [0.1, 0.15) is 0 Å². The summed E-state index contributed by atoms with van der Waals surface area (Å²) in [7, 11) is -4.76. The summed E-state index contributed by atoms with van der Waals surface area (Å²) in [5.41, 5.74) is 0.936. The number of carboxylic acids is 1. The molecule has 3 saturated carbocycles. The van der Waals surface area contributed by atoms with Gasteiger partial charge in [-0.3, -0.25) is 8.98 Å². The zero-order valence-corrected chi connectivity index (χ0v) is 28.2. The molecular weight excluding hydrogens is 532 g/mol. The van der Waals surface area contributed by atoms with E-state index < -0.39 is 35.1 Å². The van der Waals surface area contributed by atoms with Crippen molar-refractivity contribution in [2.45, 2.75) is 90.8 Å². The minimum absolute atomic E-state index is 0. The molecule has 0 aliphatic heterocycles. The van der Waals surface area contributed by atoms with Crippen molar-refractivity contribution in [3.63, 3.8) is 0 Å². The van der Waals surface area contributed by atoms with Gasteiger partial charge in [-0.1, -0.05) is 32.4 Å². The van der Waals surface area contributed by atoms with Gasteiger partial charge in [0.25, 0.3) is 0 Å². The molecule has 0 saturated heterocycles. The molecule has 4 rings (SSSR count). The Balaban J connectivity index is 0.00000253. The molecule has 2 N–H and O–H groups in total. The van der Waals surface area contributed by atoms with Crippen molar-refractivity contribution < 1.29 is 96.1 Å². The largest absolute Gasteiger partial charge is 1.00 e. The predicted molar refractivity (Wildman–Crippen MR) is 128 cm³/mol. The Morgan fingerprint density at radius 3 is 2.47 bits per heavy atom. The second-order valence-corrected chi connectivity index (χ2v) is 13.2. The summed E-state index contributed by atoms with van der Waals surface area (Å²) in [6.07, 6.45) is 7.30. The second kappa shape index (κ2) is 13.2. The van der Waals surface area contributed by atoms with Crippen LogP contribution in [0.2, 0.25) is 0 Å². The van der Waals surface area contributed by atoms with Crippen LogP contribution in [0.4, 0.5) is 0 Å². The topological polar surface area (TPSA) is 156 Å². The number of aliphatic hydroxyl groups excluding tert-OH is 1. The number of amides is 1. The number of fused-ring (bicyclic) bond motifs is 5. The summed E-state index contributed by atoms with van der Waals surface area (Å²) in [6.45, 7) is 6.28. The normalized spacial score (nSPS) is 38.7. The molecule has 0 aromatic carbocycles. The summed E-state index contributed by atoms with van der Waals surface area (Å²) in [5.74, 6) is -0.0684. The van der Waals surface area contributed by atoms with Crippen LogP contribution in [0, 0.1) is 40.4 Å². The number of hydrogen-bond acceptors (Lipinski definition) is 8. The van der Waals surface area contributed by atoms with Gasteiger partial charge in [-0.15, -0.1) is 0 Å². The third-order valence-electron chi connectivity index (χ3n) is 10.4. The van der Waals surface area contributed by atoms with E-state index in [-0.39, 0.29) is 88.2 Å². The Hall–Kier alpha value is 0.510. The Bertz CT molecular complexity index is 1020. The van der Waals surface area contributed by atoms with Crippen molar-refractivity contribution in [2.75, 3.05) is 6.54 Å². The first-order chi connectivity index (χ1) is 16.7. The zero-order valence-electron chi connectivity index (χ0n) is 23.4. The van der Waals surface area contributed by atoms with E-state index in [0.717, 1.165) is 37.7 Å². The van der Waals surface area contributed by atoms with Crippen LogP contribution in [0.25, 0.3) is 0 Å². The van der Waals surface area contributed by atoms with E-state index in [9.17, 15) is 32.8 Å². The van der Waals surface area contributed by atoms with Crippen molar-refractivity contribution >= 4 is 22.3 Å². The molecule has 9 nitrogen and oxygen atoms in total. The van der Waals surface area contributed by atoms with Crippen LogP contribution < -0.4 is 69.5 Å². The van der Waals surface area contributed by atoms with Gasteiger partial charge in [0.2, 0.25) is 16.3 Å². The van der Waals surface area contributed by atoms with E-state index in [1.807, 2.05) is 6.08 Å². The van der Waals surface area contributed by atoms with Gasteiger partial charge in [0, 0.05) is 6.42 Å². The van der Waals surface area contributed by atoms with Crippen LogP contribution in [-0.2, 0) is 24.2 Å². The van der Waals surface area contributed by atoms with E-state index in [1.165, 1.54) is 0 Å². The van der Waals surface area contributed by atoms with Crippen LogP contribution in [-0.4, -0.2) is 48.7 Å². The van der Waals surface area contributed by atoms with Crippen LogP contribution in [0.15, 0.2) is 11.6 Å². The monoisotopic (exact) mass is 571 g/mol.